The summed E-state index contributed by atoms with van der Waals surface area (Å²) in [6.45, 7) is 2.04. The number of benzene rings is 1. The average molecular weight is 250 g/mol. The van der Waals surface area contributed by atoms with Crippen molar-refractivity contribution in [2.75, 3.05) is 5.73 Å². The number of nitrogens with two attached hydrogens (primary N) is 2. The molecule has 5 heteroatoms. The van der Waals surface area contributed by atoms with Crippen molar-refractivity contribution in [3.63, 3.8) is 0 Å². The zero-order valence-corrected chi connectivity index (χ0v) is 10.3. The Labute approximate surface area is 106 Å². The molecule has 0 saturated heterocycles. The van der Waals surface area contributed by atoms with Crippen molar-refractivity contribution in [1.82, 2.24) is 0 Å². The second-order valence-corrected chi connectivity index (χ2v) is 4.24. The van der Waals surface area contributed by atoms with Gasteiger partial charge in [-0.2, -0.15) is 0 Å². The maximum absolute atomic E-state index is 11.9. The molecule has 1 aromatic carbocycles. The molecule has 0 saturated carbocycles. The first-order chi connectivity index (χ1) is 8.45. The Bertz CT molecular complexity index is 458. The molecule has 0 radical (unpaired) electrons. The quantitative estimate of drug-likeness (QED) is 0.519. The molecule has 0 heterocycles. The minimum absolute atomic E-state index is 0.241. The van der Waals surface area contributed by atoms with Crippen molar-refractivity contribution in [1.29, 1.82) is 0 Å². The molecule has 0 aliphatic heterocycles. The molecule has 5 N–H and O–H groups in total. The Balaban J connectivity index is 2.90. The lowest BCUT2D eigenvalue weighted by Gasteiger charge is -2.09. The number of hydrogen-bond donors (Lipinski definition) is 3. The van der Waals surface area contributed by atoms with E-state index in [-0.39, 0.29) is 12.2 Å². The molecule has 0 amide bonds. The monoisotopic (exact) mass is 250 g/mol. The highest BCUT2D eigenvalue weighted by molar-refractivity contribution is 6.02. The SMILES string of the molecule is CCCc1ccc(N)c(C(=O)CC(N)C(=O)O)c1. The largest absolute Gasteiger partial charge is 0.480 e. The van der Waals surface area contributed by atoms with Crippen LogP contribution in [0.2, 0.25) is 0 Å². The molecule has 0 fully saturated rings. The number of hydrogen-bond acceptors (Lipinski definition) is 4. The Morgan fingerprint density at radius 2 is 2.06 bits per heavy atom. The van der Waals surface area contributed by atoms with Crippen molar-refractivity contribution in [2.45, 2.75) is 32.2 Å². The van der Waals surface area contributed by atoms with E-state index in [1.165, 1.54) is 0 Å². The van der Waals surface area contributed by atoms with Crippen molar-refractivity contribution in [3.05, 3.63) is 29.3 Å². The van der Waals surface area contributed by atoms with Crippen LogP contribution in [0.5, 0.6) is 0 Å². The highest BCUT2D eigenvalue weighted by Crippen LogP contribution is 2.17. The van der Waals surface area contributed by atoms with E-state index in [9.17, 15) is 9.59 Å². The summed E-state index contributed by atoms with van der Waals surface area (Å²) in [6, 6.07) is 4.07. The van der Waals surface area contributed by atoms with Crippen LogP contribution in [0.1, 0.15) is 35.7 Å². The van der Waals surface area contributed by atoms with E-state index in [4.69, 9.17) is 16.6 Å². The van der Waals surface area contributed by atoms with E-state index in [0.29, 0.717) is 11.3 Å². The Morgan fingerprint density at radius 3 is 2.61 bits per heavy atom. The third-order valence-electron chi connectivity index (χ3n) is 2.68. The normalized spacial score (nSPS) is 12.1. The number of anilines is 1. The number of carboxylic acid groups (broad SMARTS) is 1. The number of carbonyl (C=O) groups is 2. The van der Waals surface area contributed by atoms with Gasteiger partial charge in [-0.05, 0) is 24.1 Å². The Hall–Kier alpha value is -1.88. The number of aliphatic carboxylic acids is 1. The molecule has 1 aromatic rings. The number of aryl methyl sites for hydroxylation is 1. The lowest BCUT2D eigenvalue weighted by atomic mass is 9.99. The van der Waals surface area contributed by atoms with E-state index in [1.54, 1.807) is 12.1 Å². The van der Waals surface area contributed by atoms with Crippen LogP contribution in [0.4, 0.5) is 5.69 Å². The predicted octanol–water partition coefficient (Wildman–Crippen LogP) is 1.21. The molecular weight excluding hydrogens is 232 g/mol. The molecule has 1 atom stereocenters. The van der Waals surface area contributed by atoms with Gasteiger partial charge in [-0.25, -0.2) is 0 Å². The lowest BCUT2D eigenvalue weighted by molar-refractivity contribution is -0.138. The average Bonchev–Trinajstić information content (AvgIpc) is 2.31. The van der Waals surface area contributed by atoms with Crippen molar-refractivity contribution < 1.29 is 14.7 Å². The lowest BCUT2D eigenvalue weighted by Crippen LogP contribution is -2.32. The molecule has 0 spiro atoms. The Kier molecular flexibility index (Phi) is 4.85. The van der Waals surface area contributed by atoms with Crippen LogP contribution in [0, 0.1) is 0 Å². The zero-order chi connectivity index (χ0) is 13.7. The van der Waals surface area contributed by atoms with Crippen molar-refractivity contribution in [2.24, 2.45) is 5.73 Å². The molecule has 98 valence electrons. The number of carboxylic acids is 1. The summed E-state index contributed by atoms with van der Waals surface area (Å²) >= 11 is 0. The van der Waals surface area contributed by atoms with E-state index < -0.39 is 12.0 Å². The molecular formula is C13H18N2O3. The highest BCUT2D eigenvalue weighted by Gasteiger charge is 2.19. The first-order valence-electron chi connectivity index (χ1n) is 5.85. The molecule has 18 heavy (non-hydrogen) atoms. The van der Waals surface area contributed by atoms with Gasteiger partial charge >= 0.3 is 5.97 Å². The smallest absolute Gasteiger partial charge is 0.320 e. The number of carbonyl (C=O) groups excluding carboxylic acids is 1. The molecule has 0 bridgehead atoms. The van der Waals surface area contributed by atoms with Crippen LogP contribution in [-0.4, -0.2) is 22.9 Å². The molecule has 5 nitrogen and oxygen atoms in total. The highest BCUT2D eigenvalue weighted by atomic mass is 16.4. The Morgan fingerprint density at radius 1 is 1.39 bits per heavy atom. The fraction of sp³-hybridized carbons (Fsp3) is 0.385. The summed E-state index contributed by atoms with van der Waals surface area (Å²) in [5.74, 6) is -1.52. The molecule has 1 unspecified atom stereocenters. The summed E-state index contributed by atoms with van der Waals surface area (Å²) in [4.78, 5) is 22.5. The molecule has 0 aliphatic rings. The van der Waals surface area contributed by atoms with Gasteiger partial charge in [0, 0.05) is 17.7 Å². The summed E-state index contributed by atoms with van der Waals surface area (Å²) < 4.78 is 0. The van der Waals surface area contributed by atoms with Crippen LogP contribution in [0.25, 0.3) is 0 Å². The van der Waals surface area contributed by atoms with Gasteiger partial charge in [-0.15, -0.1) is 0 Å². The molecule has 0 aliphatic carbocycles. The van der Waals surface area contributed by atoms with Crippen LogP contribution >= 0.6 is 0 Å². The molecule has 0 aromatic heterocycles. The number of ketones is 1. The van der Waals surface area contributed by atoms with E-state index >= 15 is 0 Å². The van der Waals surface area contributed by atoms with Gasteiger partial charge in [0.05, 0.1) is 0 Å². The maximum Gasteiger partial charge on any atom is 0.320 e. The topological polar surface area (TPSA) is 106 Å². The minimum atomic E-state index is -1.19. The van der Waals surface area contributed by atoms with Gasteiger partial charge < -0.3 is 16.6 Å². The van der Waals surface area contributed by atoms with Crippen LogP contribution in [0.3, 0.4) is 0 Å². The van der Waals surface area contributed by atoms with E-state index in [1.807, 2.05) is 13.0 Å². The summed E-state index contributed by atoms with van der Waals surface area (Å²) in [6.07, 6.45) is 1.58. The second kappa shape index (κ2) is 6.16. The van der Waals surface area contributed by atoms with Crippen LogP contribution in [-0.2, 0) is 11.2 Å². The van der Waals surface area contributed by atoms with Gasteiger partial charge in [-0.3, -0.25) is 9.59 Å². The van der Waals surface area contributed by atoms with Gasteiger partial charge in [0.15, 0.2) is 5.78 Å². The van der Waals surface area contributed by atoms with Crippen molar-refractivity contribution >= 4 is 17.4 Å². The van der Waals surface area contributed by atoms with Crippen molar-refractivity contribution in [3.8, 4) is 0 Å². The van der Waals surface area contributed by atoms with Gasteiger partial charge in [0.2, 0.25) is 0 Å². The van der Waals surface area contributed by atoms with E-state index in [2.05, 4.69) is 0 Å². The number of rotatable bonds is 6. The van der Waals surface area contributed by atoms with Gasteiger partial charge in [-0.1, -0.05) is 19.4 Å². The fourth-order valence-corrected chi connectivity index (χ4v) is 1.69. The van der Waals surface area contributed by atoms with Gasteiger partial charge in [0.25, 0.3) is 0 Å². The summed E-state index contributed by atoms with van der Waals surface area (Å²) in [7, 11) is 0. The summed E-state index contributed by atoms with van der Waals surface area (Å²) in [5.41, 5.74) is 12.8. The first-order valence-corrected chi connectivity index (χ1v) is 5.85. The van der Waals surface area contributed by atoms with Crippen LogP contribution < -0.4 is 11.5 Å². The first kappa shape index (κ1) is 14.2. The summed E-state index contributed by atoms with van der Waals surface area (Å²) in [5, 5.41) is 8.68. The fourth-order valence-electron chi connectivity index (χ4n) is 1.69. The second-order valence-electron chi connectivity index (χ2n) is 4.24. The van der Waals surface area contributed by atoms with Crippen LogP contribution in [0.15, 0.2) is 18.2 Å². The maximum atomic E-state index is 11.9. The van der Waals surface area contributed by atoms with Gasteiger partial charge in [0.1, 0.15) is 6.04 Å². The minimum Gasteiger partial charge on any atom is -0.480 e. The molecule has 1 rings (SSSR count). The van der Waals surface area contributed by atoms with E-state index in [0.717, 1.165) is 18.4 Å². The number of nitrogen functional groups attached to an aromatic ring is 1. The third kappa shape index (κ3) is 3.56. The predicted molar refractivity (Wildman–Crippen MR) is 69.4 cm³/mol. The zero-order valence-electron chi connectivity index (χ0n) is 10.3. The standard InChI is InChI=1S/C13H18N2O3/c1-2-3-8-4-5-10(14)9(6-8)12(16)7-11(15)13(17)18/h4-6,11H,2-3,7,14-15H2,1H3,(H,17,18). The number of Topliss-reactive ketones (excluding diaryl/α,β-unsaturated/α-hetero) is 1. The third-order valence-corrected chi connectivity index (χ3v) is 2.68.